The fourth-order valence-corrected chi connectivity index (χ4v) is 4.16. The molecule has 0 bridgehead atoms. The third kappa shape index (κ3) is 5.14. The normalized spacial score (nSPS) is 18.7. The van der Waals surface area contributed by atoms with Crippen LogP contribution in [0.3, 0.4) is 0 Å². The first-order valence-corrected chi connectivity index (χ1v) is 11.0. The number of carbonyl (C=O) groups excluding carboxylic acids is 1. The highest BCUT2D eigenvalue weighted by Gasteiger charge is 2.41. The maximum Gasteiger partial charge on any atom is 0.226 e. The van der Waals surface area contributed by atoms with Gasteiger partial charge >= 0.3 is 0 Å². The van der Waals surface area contributed by atoms with Crippen LogP contribution in [0.1, 0.15) is 41.7 Å². The molecule has 1 saturated heterocycles. The molecule has 0 aromatic heterocycles. The minimum atomic E-state index is -0.742. The van der Waals surface area contributed by atoms with E-state index in [4.69, 9.17) is 4.74 Å². The number of hydrogen-bond acceptors (Lipinski definition) is 3. The Kier molecular flexibility index (Phi) is 6.68. The van der Waals surface area contributed by atoms with E-state index in [1.165, 1.54) is 12.1 Å². The minimum absolute atomic E-state index is 0.0340. The molecule has 4 nitrogen and oxygen atoms in total. The molecule has 1 fully saturated rings. The second-order valence-electron chi connectivity index (χ2n) is 7.69. The van der Waals surface area contributed by atoms with Crippen LogP contribution >= 0.6 is 15.9 Å². The summed E-state index contributed by atoms with van der Waals surface area (Å²) in [5.74, 6) is 0.0866. The summed E-state index contributed by atoms with van der Waals surface area (Å²) in [5, 5.41) is 13.4. The van der Waals surface area contributed by atoms with Crippen molar-refractivity contribution in [2.45, 2.75) is 31.6 Å². The van der Waals surface area contributed by atoms with Crippen molar-refractivity contribution in [2.24, 2.45) is 5.92 Å². The standard InChI is InChI=1S/C25H23BrFNO3/c26-18-8-11-20(23(14-18)31-15-16-4-2-1-3-5-16)24-21(25(30)28-24)12-13-22(29)17-6-9-19(27)10-7-17/h1-11,14,21-22,24,29H,12-13,15H2,(H,28,30). The lowest BCUT2D eigenvalue weighted by atomic mass is 9.80. The van der Waals surface area contributed by atoms with Gasteiger partial charge in [-0.1, -0.05) is 64.5 Å². The van der Waals surface area contributed by atoms with E-state index >= 15 is 0 Å². The van der Waals surface area contributed by atoms with E-state index in [1.54, 1.807) is 12.1 Å². The third-order valence-electron chi connectivity index (χ3n) is 5.59. The summed E-state index contributed by atoms with van der Waals surface area (Å²) in [6.07, 6.45) is 0.188. The smallest absolute Gasteiger partial charge is 0.226 e. The van der Waals surface area contributed by atoms with Crippen LogP contribution in [0.25, 0.3) is 0 Å². The highest BCUT2D eigenvalue weighted by Crippen LogP contribution is 2.40. The number of ether oxygens (including phenoxy) is 1. The Morgan fingerprint density at radius 2 is 1.81 bits per heavy atom. The zero-order chi connectivity index (χ0) is 21.8. The molecule has 0 spiro atoms. The number of nitrogens with one attached hydrogen (secondary N) is 1. The molecule has 6 heteroatoms. The van der Waals surface area contributed by atoms with Crippen LogP contribution in [0.5, 0.6) is 5.75 Å². The van der Waals surface area contributed by atoms with Gasteiger partial charge in [-0.3, -0.25) is 4.79 Å². The molecule has 3 aromatic rings. The van der Waals surface area contributed by atoms with Crippen molar-refractivity contribution in [3.05, 3.63) is 99.8 Å². The molecule has 160 valence electrons. The van der Waals surface area contributed by atoms with Gasteiger partial charge in [-0.15, -0.1) is 0 Å². The van der Waals surface area contributed by atoms with Gasteiger partial charge < -0.3 is 15.2 Å². The molecule has 3 atom stereocenters. The Bertz CT molecular complexity index is 1040. The largest absolute Gasteiger partial charge is 0.489 e. The van der Waals surface area contributed by atoms with E-state index in [1.807, 2.05) is 48.5 Å². The molecule has 31 heavy (non-hydrogen) atoms. The molecule has 1 heterocycles. The fraction of sp³-hybridized carbons (Fsp3) is 0.240. The zero-order valence-electron chi connectivity index (χ0n) is 16.8. The number of aliphatic hydroxyl groups excluding tert-OH is 1. The summed E-state index contributed by atoms with van der Waals surface area (Å²) in [4.78, 5) is 12.3. The van der Waals surface area contributed by atoms with E-state index in [2.05, 4.69) is 21.2 Å². The zero-order valence-corrected chi connectivity index (χ0v) is 18.4. The van der Waals surface area contributed by atoms with Gasteiger partial charge in [0.2, 0.25) is 5.91 Å². The van der Waals surface area contributed by atoms with Gasteiger partial charge in [0.05, 0.1) is 18.1 Å². The first-order chi connectivity index (χ1) is 15.0. The van der Waals surface area contributed by atoms with Crippen LogP contribution in [-0.4, -0.2) is 11.0 Å². The molecular weight excluding hydrogens is 461 g/mol. The summed E-state index contributed by atoms with van der Waals surface area (Å²) in [6.45, 7) is 0.429. The number of β-lactam (4-membered cyclic amide) rings is 1. The number of benzene rings is 3. The number of halogens is 2. The maximum atomic E-state index is 13.1. The van der Waals surface area contributed by atoms with Crippen LogP contribution in [0, 0.1) is 11.7 Å². The van der Waals surface area contributed by atoms with E-state index in [0.717, 1.165) is 15.6 Å². The Morgan fingerprint density at radius 1 is 1.06 bits per heavy atom. The lowest BCUT2D eigenvalue weighted by Crippen LogP contribution is -2.51. The average molecular weight is 484 g/mol. The van der Waals surface area contributed by atoms with Crippen molar-refractivity contribution < 1.29 is 19.0 Å². The second kappa shape index (κ2) is 9.62. The van der Waals surface area contributed by atoms with E-state index in [9.17, 15) is 14.3 Å². The predicted octanol–water partition coefficient (Wildman–Crippen LogP) is 5.47. The SMILES string of the molecule is O=C1NC(c2ccc(Br)cc2OCc2ccccc2)C1CCC(O)c1ccc(F)cc1. The first kappa shape index (κ1) is 21.5. The Hall–Kier alpha value is -2.70. The maximum absolute atomic E-state index is 13.1. The third-order valence-corrected chi connectivity index (χ3v) is 6.08. The van der Waals surface area contributed by atoms with Gasteiger partial charge in [0.1, 0.15) is 18.2 Å². The van der Waals surface area contributed by atoms with Gasteiger partial charge in [0.15, 0.2) is 0 Å². The first-order valence-electron chi connectivity index (χ1n) is 10.2. The van der Waals surface area contributed by atoms with Crippen LogP contribution in [0.4, 0.5) is 4.39 Å². The van der Waals surface area contributed by atoms with Crippen LogP contribution < -0.4 is 10.1 Å². The highest BCUT2D eigenvalue weighted by atomic mass is 79.9. The Balaban J connectivity index is 1.44. The van der Waals surface area contributed by atoms with Gasteiger partial charge in [0, 0.05) is 10.0 Å². The molecule has 2 N–H and O–H groups in total. The topological polar surface area (TPSA) is 58.6 Å². The molecular formula is C25H23BrFNO3. The molecule has 3 unspecified atom stereocenters. The molecule has 1 amide bonds. The molecule has 3 aromatic carbocycles. The van der Waals surface area contributed by atoms with Gasteiger partial charge in [0.25, 0.3) is 0 Å². The summed E-state index contributed by atoms with van der Waals surface area (Å²) in [6, 6.07) is 21.3. The summed E-state index contributed by atoms with van der Waals surface area (Å²) in [7, 11) is 0. The summed E-state index contributed by atoms with van der Waals surface area (Å²) in [5.41, 5.74) is 2.62. The number of amides is 1. The quantitative estimate of drug-likeness (QED) is 0.417. The van der Waals surface area contributed by atoms with Crippen molar-refractivity contribution >= 4 is 21.8 Å². The predicted molar refractivity (Wildman–Crippen MR) is 120 cm³/mol. The highest BCUT2D eigenvalue weighted by molar-refractivity contribution is 9.10. The van der Waals surface area contributed by atoms with E-state index in [0.29, 0.717) is 30.8 Å². The fourth-order valence-electron chi connectivity index (χ4n) is 3.82. The minimum Gasteiger partial charge on any atom is -0.489 e. The van der Waals surface area contributed by atoms with Crippen LogP contribution in [0.15, 0.2) is 77.3 Å². The Labute approximate surface area is 189 Å². The Morgan fingerprint density at radius 3 is 2.52 bits per heavy atom. The van der Waals surface area contributed by atoms with Crippen molar-refractivity contribution in [2.75, 3.05) is 0 Å². The van der Waals surface area contributed by atoms with Crippen molar-refractivity contribution in [1.82, 2.24) is 5.32 Å². The van der Waals surface area contributed by atoms with Gasteiger partial charge in [-0.25, -0.2) is 4.39 Å². The molecule has 4 rings (SSSR count). The van der Waals surface area contributed by atoms with E-state index < -0.39 is 6.10 Å². The van der Waals surface area contributed by atoms with Crippen LogP contribution in [0.2, 0.25) is 0 Å². The van der Waals surface area contributed by atoms with E-state index in [-0.39, 0.29) is 23.7 Å². The van der Waals surface area contributed by atoms with Crippen molar-refractivity contribution in [1.29, 1.82) is 0 Å². The molecule has 1 aliphatic heterocycles. The second-order valence-corrected chi connectivity index (χ2v) is 8.61. The number of rotatable bonds is 8. The summed E-state index contributed by atoms with van der Waals surface area (Å²) < 4.78 is 20.1. The number of aliphatic hydroxyl groups is 1. The molecule has 0 aliphatic carbocycles. The van der Waals surface area contributed by atoms with Crippen molar-refractivity contribution in [3.8, 4) is 5.75 Å². The summed E-state index contributed by atoms with van der Waals surface area (Å²) >= 11 is 3.49. The van der Waals surface area contributed by atoms with Crippen molar-refractivity contribution in [3.63, 3.8) is 0 Å². The molecule has 0 saturated carbocycles. The number of carbonyl (C=O) groups is 1. The van der Waals surface area contributed by atoms with Gasteiger partial charge in [-0.05, 0) is 48.2 Å². The average Bonchev–Trinajstić information content (AvgIpc) is 2.77. The number of hydrogen-bond donors (Lipinski definition) is 2. The monoisotopic (exact) mass is 483 g/mol. The lowest BCUT2D eigenvalue weighted by Gasteiger charge is -2.38. The molecule has 1 aliphatic rings. The molecule has 0 radical (unpaired) electrons. The van der Waals surface area contributed by atoms with Gasteiger partial charge in [-0.2, -0.15) is 0 Å². The van der Waals surface area contributed by atoms with Crippen LogP contribution in [-0.2, 0) is 11.4 Å². The lowest BCUT2D eigenvalue weighted by molar-refractivity contribution is -0.136.